The molecule has 2 amide bonds. The Labute approximate surface area is 253 Å². The number of thiazole rings is 1. The van der Waals surface area contributed by atoms with Crippen LogP contribution in [0, 0.1) is 0 Å². The van der Waals surface area contributed by atoms with E-state index in [1.54, 1.807) is 13.0 Å². The number of nitrogens with one attached hydrogen (secondary N) is 1. The number of β-lactam (4-membered cyclic amide) rings is 1. The summed E-state index contributed by atoms with van der Waals surface area (Å²) in [6.45, 7) is 4.25. The average molecular weight is 633 g/mol. The number of rotatable bonds is 11. The minimum atomic E-state index is -1.36. The lowest BCUT2D eigenvalue weighted by atomic mass is 9.95. The number of nitrogens with zero attached hydrogens (tertiary/aromatic N) is 3. The third kappa shape index (κ3) is 6.79. The number of ether oxygens (including phenoxy) is 2. The maximum atomic E-state index is 13.3. The molecule has 0 radical (unpaired) electrons. The molecule has 1 fully saturated rings. The number of carboxylic acid groups (broad SMARTS) is 1. The van der Waals surface area contributed by atoms with Gasteiger partial charge in [-0.2, -0.15) is 0 Å². The number of hydrogen-bond acceptors (Lipinski definition) is 14. The minimum Gasteiger partial charge on any atom is -0.477 e. The molecule has 2 aliphatic heterocycles. The second kappa shape index (κ2) is 13.2. The van der Waals surface area contributed by atoms with Crippen molar-refractivity contribution in [2.45, 2.75) is 43.9 Å². The molecule has 17 heteroatoms. The van der Waals surface area contributed by atoms with Gasteiger partial charge in [0.05, 0.1) is 0 Å². The van der Waals surface area contributed by atoms with E-state index in [-0.39, 0.29) is 53.3 Å². The normalized spacial score (nSPS) is 19.7. The van der Waals surface area contributed by atoms with Crippen LogP contribution in [0.4, 0.5) is 5.13 Å². The Morgan fingerprint density at radius 2 is 1.86 bits per heavy atom. The predicted molar refractivity (Wildman–Crippen MR) is 155 cm³/mol. The van der Waals surface area contributed by atoms with Crippen LogP contribution in [0.3, 0.4) is 0 Å². The Hall–Kier alpha value is -4.48. The van der Waals surface area contributed by atoms with Crippen LogP contribution in [-0.4, -0.2) is 80.2 Å². The number of esters is 2. The largest absolute Gasteiger partial charge is 0.477 e. The zero-order valence-corrected chi connectivity index (χ0v) is 24.8. The van der Waals surface area contributed by atoms with Gasteiger partial charge in [-0.25, -0.2) is 9.78 Å². The lowest BCUT2D eigenvalue weighted by molar-refractivity contribution is -0.150. The van der Waals surface area contributed by atoms with Gasteiger partial charge < -0.3 is 36.2 Å². The molecule has 0 saturated carbocycles. The van der Waals surface area contributed by atoms with E-state index in [0.717, 1.165) is 16.2 Å². The molecule has 228 valence electrons. The van der Waals surface area contributed by atoms with Crippen LogP contribution in [0.2, 0.25) is 0 Å². The highest BCUT2D eigenvalue weighted by molar-refractivity contribution is 8.01. The summed E-state index contributed by atoms with van der Waals surface area (Å²) < 4.78 is 10.3. The van der Waals surface area contributed by atoms with Gasteiger partial charge in [-0.3, -0.25) is 24.1 Å². The first kappa shape index (κ1) is 31.5. The van der Waals surface area contributed by atoms with E-state index in [0.29, 0.717) is 11.1 Å². The zero-order valence-electron chi connectivity index (χ0n) is 23.2. The Kier molecular flexibility index (Phi) is 9.67. The standard InChI is InChI=1S/C26H28N6O9S2/c1-4-39-31-19(15-10-42-26(28)29-15)22(35)30-20-23(36)32-21(25(37)38)14(18(9-27)43-24(20)32)7-13-5-6-16(40-11(2)33)17(8-13)41-12(3)34/h5-6,8,10,18,20,24H,4,7,9,27H2,1-3H3,(H2,28,29)(H,30,35)(H,37,38)/b31-19-/t18?,20?,24-/m1/s1. The van der Waals surface area contributed by atoms with E-state index >= 15 is 0 Å². The molecule has 3 atom stereocenters. The van der Waals surface area contributed by atoms with Crippen LogP contribution in [-0.2, 0) is 35.2 Å². The van der Waals surface area contributed by atoms with Gasteiger partial charge in [0, 0.05) is 31.0 Å². The number of carbonyl (C=O) groups excluding carboxylic acids is 4. The number of thioether (sulfide) groups is 1. The summed E-state index contributed by atoms with van der Waals surface area (Å²) in [5.41, 5.74) is 12.3. The monoisotopic (exact) mass is 632 g/mol. The van der Waals surface area contributed by atoms with Crippen molar-refractivity contribution in [3.05, 3.63) is 46.1 Å². The number of nitrogen functional groups attached to an aromatic ring is 1. The quantitative estimate of drug-likeness (QED) is 0.0877. The van der Waals surface area contributed by atoms with Crippen LogP contribution >= 0.6 is 23.1 Å². The number of anilines is 1. The zero-order chi connectivity index (χ0) is 31.4. The fraction of sp³-hybridized carbons (Fsp3) is 0.346. The van der Waals surface area contributed by atoms with E-state index in [1.165, 1.54) is 43.1 Å². The maximum Gasteiger partial charge on any atom is 0.352 e. The molecule has 2 aliphatic rings. The highest BCUT2D eigenvalue weighted by Gasteiger charge is 2.56. The highest BCUT2D eigenvalue weighted by Crippen LogP contribution is 2.45. The molecule has 2 aromatic rings. The molecule has 1 saturated heterocycles. The van der Waals surface area contributed by atoms with E-state index in [2.05, 4.69) is 15.5 Å². The van der Waals surface area contributed by atoms with Crippen LogP contribution in [0.1, 0.15) is 32.0 Å². The molecule has 3 heterocycles. The lowest BCUT2D eigenvalue weighted by Gasteiger charge is -2.51. The number of amides is 2. The minimum absolute atomic E-state index is 0.0106. The van der Waals surface area contributed by atoms with E-state index in [1.807, 2.05) is 0 Å². The highest BCUT2D eigenvalue weighted by atomic mass is 32.2. The maximum absolute atomic E-state index is 13.3. The second-order valence-corrected chi connectivity index (χ2v) is 11.4. The summed E-state index contributed by atoms with van der Waals surface area (Å²) >= 11 is 2.32. The number of carboxylic acids is 1. The Bertz CT molecular complexity index is 1540. The number of nitrogens with two attached hydrogens (primary N) is 2. The van der Waals surface area contributed by atoms with Crippen molar-refractivity contribution in [1.82, 2.24) is 15.2 Å². The number of aliphatic carboxylic acids is 1. The molecule has 15 nitrogen and oxygen atoms in total. The summed E-state index contributed by atoms with van der Waals surface area (Å²) in [6, 6.07) is 3.36. The Balaban J connectivity index is 1.62. The van der Waals surface area contributed by atoms with Gasteiger partial charge >= 0.3 is 17.9 Å². The number of oxime groups is 1. The molecule has 4 rings (SSSR count). The molecular formula is C26H28N6O9S2. The van der Waals surface area contributed by atoms with Crippen molar-refractivity contribution < 1.29 is 43.4 Å². The summed E-state index contributed by atoms with van der Waals surface area (Å²) in [4.78, 5) is 72.3. The summed E-state index contributed by atoms with van der Waals surface area (Å²) in [7, 11) is 0. The van der Waals surface area contributed by atoms with E-state index in [4.69, 9.17) is 25.8 Å². The number of benzene rings is 1. The molecule has 0 aliphatic carbocycles. The SMILES string of the molecule is CCO/N=C(\C(=O)NC1C(=O)N2C(C(=O)O)=C(Cc3ccc(OC(C)=O)c(OC(C)=O)c3)C(CN)S[C@H]12)c1csc(N)n1. The number of fused-ring (bicyclic) bond motifs is 1. The Morgan fingerprint density at radius 3 is 2.44 bits per heavy atom. The molecule has 0 bridgehead atoms. The third-order valence-electron chi connectivity index (χ3n) is 6.16. The van der Waals surface area contributed by atoms with Gasteiger partial charge in [-0.15, -0.1) is 23.1 Å². The summed E-state index contributed by atoms with van der Waals surface area (Å²) in [5, 5.41) is 17.0. The summed E-state index contributed by atoms with van der Waals surface area (Å²) in [6.07, 6.45) is 0.0229. The van der Waals surface area contributed by atoms with Gasteiger partial charge in [0.25, 0.3) is 11.8 Å². The fourth-order valence-electron chi connectivity index (χ4n) is 4.46. The molecular weight excluding hydrogens is 604 g/mol. The second-order valence-electron chi connectivity index (χ2n) is 9.16. The van der Waals surface area contributed by atoms with Crippen molar-refractivity contribution >= 4 is 63.7 Å². The van der Waals surface area contributed by atoms with Gasteiger partial charge in [-0.1, -0.05) is 11.2 Å². The van der Waals surface area contributed by atoms with Gasteiger partial charge in [0.15, 0.2) is 22.3 Å². The van der Waals surface area contributed by atoms with Crippen LogP contribution in [0.15, 0.2) is 40.0 Å². The van der Waals surface area contributed by atoms with Crippen molar-refractivity contribution in [3.8, 4) is 11.5 Å². The number of carbonyl (C=O) groups is 5. The molecule has 0 spiro atoms. The number of aromatic nitrogens is 1. The molecule has 1 aromatic heterocycles. The van der Waals surface area contributed by atoms with Crippen molar-refractivity contribution in [1.29, 1.82) is 0 Å². The van der Waals surface area contributed by atoms with Crippen molar-refractivity contribution in [3.63, 3.8) is 0 Å². The third-order valence-corrected chi connectivity index (χ3v) is 8.40. The summed E-state index contributed by atoms with van der Waals surface area (Å²) in [5.74, 6) is -4.05. The van der Waals surface area contributed by atoms with Crippen molar-refractivity contribution in [2.24, 2.45) is 10.9 Å². The van der Waals surface area contributed by atoms with Crippen molar-refractivity contribution in [2.75, 3.05) is 18.9 Å². The number of hydrogen-bond donors (Lipinski definition) is 4. The first-order valence-corrected chi connectivity index (χ1v) is 14.6. The van der Waals surface area contributed by atoms with Gasteiger partial charge in [0.2, 0.25) is 0 Å². The molecule has 6 N–H and O–H groups in total. The first-order valence-electron chi connectivity index (χ1n) is 12.8. The average Bonchev–Trinajstić information content (AvgIpc) is 3.37. The van der Waals surface area contributed by atoms with Gasteiger partial charge in [-0.05, 0) is 36.6 Å². The van der Waals surface area contributed by atoms with Crippen LogP contribution in [0.25, 0.3) is 0 Å². The fourth-order valence-corrected chi connectivity index (χ4v) is 6.49. The topological polar surface area (TPSA) is 226 Å². The molecule has 2 unspecified atom stereocenters. The smallest absolute Gasteiger partial charge is 0.352 e. The lowest BCUT2D eigenvalue weighted by Crippen LogP contribution is -2.71. The van der Waals surface area contributed by atoms with Crippen LogP contribution in [0.5, 0.6) is 11.5 Å². The first-order chi connectivity index (χ1) is 20.4. The van der Waals surface area contributed by atoms with E-state index < -0.39 is 46.4 Å². The Morgan fingerprint density at radius 1 is 1.16 bits per heavy atom. The van der Waals surface area contributed by atoms with Crippen LogP contribution < -0.4 is 26.3 Å². The van der Waals surface area contributed by atoms with Gasteiger partial charge in [0.1, 0.15) is 29.4 Å². The molecule has 43 heavy (non-hydrogen) atoms. The van der Waals surface area contributed by atoms with E-state index in [9.17, 15) is 29.1 Å². The predicted octanol–water partition coefficient (Wildman–Crippen LogP) is 0.625. The molecule has 1 aromatic carbocycles.